The zero-order chi connectivity index (χ0) is 41.4. The van der Waals surface area contributed by atoms with Crippen molar-refractivity contribution in [1.29, 1.82) is 0 Å². The standard InChI is InChI=1S/C42H26O/c1-2-11-30-26-31(25-22-27(30)10-1)28-20-23-29(24-21-28)40-33-13-3-5-15-35(33)41(36-16-6-4-14-34(36)40)38-18-9-17-37-32-12-7-8-19-39(32)43-42(37)38/h1-26H/i1D,2D,7D,8D,10D,11D,12D,19D,20D,21D,22D,23D,24D,25D,26D. The van der Waals surface area contributed by atoms with Crippen molar-refractivity contribution in [3.8, 4) is 33.4 Å². The molecule has 0 aliphatic rings. The van der Waals surface area contributed by atoms with Gasteiger partial charge in [0.25, 0.3) is 0 Å². The molecule has 0 saturated carbocycles. The van der Waals surface area contributed by atoms with Crippen LogP contribution in [0.25, 0.3) is 87.6 Å². The van der Waals surface area contributed by atoms with Crippen LogP contribution in [0.15, 0.2) is 162 Å². The average molecular weight is 562 g/mol. The van der Waals surface area contributed by atoms with Gasteiger partial charge in [-0.15, -0.1) is 0 Å². The van der Waals surface area contributed by atoms with Crippen LogP contribution in [0.4, 0.5) is 0 Å². The maximum atomic E-state index is 9.41. The molecule has 200 valence electrons. The zero-order valence-electron chi connectivity index (χ0n) is 37.3. The Morgan fingerprint density at radius 3 is 1.74 bits per heavy atom. The minimum Gasteiger partial charge on any atom is -0.455 e. The molecular weight excluding hydrogens is 520 g/mol. The van der Waals surface area contributed by atoms with Gasteiger partial charge in [0, 0.05) is 21.9 Å². The van der Waals surface area contributed by atoms with E-state index in [0.717, 1.165) is 0 Å². The molecule has 0 aliphatic carbocycles. The van der Waals surface area contributed by atoms with Crippen molar-refractivity contribution in [3.05, 3.63) is 157 Å². The lowest BCUT2D eigenvalue weighted by atomic mass is 9.85. The summed E-state index contributed by atoms with van der Waals surface area (Å²) in [6.07, 6.45) is 0. The van der Waals surface area contributed by atoms with Crippen LogP contribution in [0.3, 0.4) is 0 Å². The third-order valence-electron chi connectivity index (χ3n) is 7.72. The molecular formula is C42H26O. The van der Waals surface area contributed by atoms with Crippen LogP contribution in [0.5, 0.6) is 0 Å². The second-order valence-electron chi connectivity index (χ2n) is 10.1. The second-order valence-corrected chi connectivity index (χ2v) is 10.1. The van der Waals surface area contributed by atoms with E-state index in [4.69, 9.17) is 19.5 Å². The molecule has 1 aromatic heterocycles. The molecule has 0 aliphatic heterocycles. The van der Waals surface area contributed by atoms with E-state index in [1.54, 1.807) is 36.4 Å². The molecule has 0 amide bonds. The highest BCUT2D eigenvalue weighted by molar-refractivity contribution is 6.24. The van der Waals surface area contributed by atoms with Crippen LogP contribution >= 0.6 is 0 Å². The van der Waals surface area contributed by atoms with Gasteiger partial charge >= 0.3 is 0 Å². The summed E-state index contributed by atoms with van der Waals surface area (Å²) >= 11 is 0. The average Bonchev–Trinajstić information content (AvgIpc) is 3.62. The Hall–Kier alpha value is -5.66. The van der Waals surface area contributed by atoms with E-state index < -0.39 is 83.6 Å². The van der Waals surface area contributed by atoms with E-state index in [-0.39, 0.29) is 45.4 Å². The van der Waals surface area contributed by atoms with Gasteiger partial charge in [-0.25, -0.2) is 0 Å². The number of para-hydroxylation sites is 2. The zero-order valence-corrected chi connectivity index (χ0v) is 22.3. The summed E-state index contributed by atoms with van der Waals surface area (Å²) in [6, 6.07) is 11.7. The van der Waals surface area contributed by atoms with Gasteiger partial charge in [0.1, 0.15) is 11.2 Å². The first-order chi connectivity index (χ1) is 27.6. The molecule has 0 spiro atoms. The summed E-state index contributed by atoms with van der Waals surface area (Å²) in [6.45, 7) is 0. The van der Waals surface area contributed by atoms with Crippen LogP contribution in [0, 0.1) is 0 Å². The Morgan fingerprint density at radius 2 is 1.00 bits per heavy atom. The predicted molar refractivity (Wildman–Crippen MR) is 183 cm³/mol. The van der Waals surface area contributed by atoms with E-state index in [2.05, 4.69) is 0 Å². The minimum absolute atomic E-state index is 0.0124. The molecule has 0 fully saturated rings. The van der Waals surface area contributed by atoms with E-state index in [1.165, 1.54) is 0 Å². The fourth-order valence-corrected chi connectivity index (χ4v) is 5.87. The topological polar surface area (TPSA) is 13.1 Å². The highest BCUT2D eigenvalue weighted by atomic mass is 16.3. The lowest BCUT2D eigenvalue weighted by Crippen LogP contribution is -1.91. The minimum atomic E-state index is -0.677. The molecule has 0 unspecified atom stereocenters. The highest BCUT2D eigenvalue weighted by Gasteiger charge is 2.20. The fourth-order valence-electron chi connectivity index (χ4n) is 5.87. The van der Waals surface area contributed by atoms with Crippen molar-refractivity contribution in [2.75, 3.05) is 0 Å². The quantitative estimate of drug-likeness (QED) is 0.196. The largest absolute Gasteiger partial charge is 0.455 e. The molecule has 9 aromatic rings. The van der Waals surface area contributed by atoms with Gasteiger partial charge in [-0.05, 0) is 66.7 Å². The Labute approximate surface area is 270 Å². The summed E-state index contributed by atoms with van der Waals surface area (Å²) < 4.78 is 137. The van der Waals surface area contributed by atoms with Gasteiger partial charge in [-0.3, -0.25) is 0 Å². The van der Waals surface area contributed by atoms with Crippen LogP contribution in [-0.2, 0) is 0 Å². The SMILES string of the molecule is [2H]c1c([2H])c(-c2c3ccccc3c(-c3cccc4c3oc3c([2H])c([2H])c([2H])c([2H])c34)c3ccccc23)c([2H])c([2H])c1-c1c([2H])c([2H])c2c([2H])c([2H])c([2H])c([2H])c2c1[2H]. The second kappa shape index (κ2) is 9.44. The van der Waals surface area contributed by atoms with E-state index in [0.29, 0.717) is 49.2 Å². The lowest BCUT2D eigenvalue weighted by Gasteiger charge is -2.18. The number of benzene rings is 8. The summed E-state index contributed by atoms with van der Waals surface area (Å²) in [5.41, 5.74) is 0.959. The maximum absolute atomic E-state index is 9.41. The molecule has 1 heterocycles. The third-order valence-corrected chi connectivity index (χ3v) is 7.72. The van der Waals surface area contributed by atoms with Crippen molar-refractivity contribution in [2.45, 2.75) is 0 Å². The molecule has 9 rings (SSSR count). The van der Waals surface area contributed by atoms with Crippen LogP contribution in [0.2, 0.25) is 0 Å². The van der Waals surface area contributed by atoms with Gasteiger partial charge in [0.2, 0.25) is 0 Å². The van der Waals surface area contributed by atoms with Crippen molar-refractivity contribution in [1.82, 2.24) is 0 Å². The Kier molecular flexibility index (Phi) is 2.97. The number of hydrogen-bond donors (Lipinski definition) is 0. The summed E-state index contributed by atoms with van der Waals surface area (Å²) in [4.78, 5) is 0. The normalized spacial score (nSPS) is 16.6. The van der Waals surface area contributed by atoms with Crippen molar-refractivity contribution in [2.24, 2.45) is 0 Å². The molecule has 0 saturated heterocycles. The van der Waals surface area contributed by atoms with E-state index in [9.17, 15) is 5.48 Å². The van der Waals surface area contributed by atoms with Gasteiger partial charge in [-0.1, -0.05) is 145 Å². The maximum Gasteiger partial charge on any atom is 0.143 e. The molecule has 8 aromatic carbocycles. The predicted octanol–water partition coefficient (Wildman–Crippen LogP) is 12.0. The van der Waals surface area contributed by atoms with Crippen molar-refractivity contribution in [3.63, 3.8) is 0 Å². The number of furan rings is 1. The van der Waals surface area contributed by atoms with E-state index >= 15 is 0 Å². The van der Waals surface area contributed by atoms with Crippen molar-refractivity contribution < 1.29 is 25.0 Å². The molecule has 43 heavy (non-hydrogen) atoms. The van der Waals surface area contributed by atoms with Crippen LogP contribution < -0.4 is 0 Å². The summed E-state index contributed by atoms with van der Waals surface area (Å²) in [7, 11) is 0. The summed E-state index contributed by atoms with van der Waals surface area (Å²) in [5.74, 6) is 0. The molecule has 0 N–H and O–H groups in total. The number of hydrogen-bond acceptors (Lipinski definition) is 1. The monoisotopic (exact) mass is 561 g/mol. The van der Waals surface area contributed by atoms with Crippen LogP contribution in [0.1, 0.15) is 20.6 Å². The molecule has 1 heteroatoms. The van der Waals surface area contributed by atoms with Gasteiger partial charge in [0.15, 0.2) is 0 Å². The molecule has 0 bridgehead atoms. The molecule has 0 atom stereocenters. The van der Waals surface area contributed by atoms with E-state index in [1.807, 2.05) is 30.3 Å². The highest BCUT2D eigenvalue weighted by Crippen LogP contribution is 2.46. The van der Waals surface area contributed by atoms with Crippen LogP contribution in [-0.4, -0.2) is 0 Å². The molecule has 0 radical (unpaired) electrons. The Morgan fingerprint density at radius 1 is 0.419 bits per heavy atom. The summed E-state index contributed by atoms with van der Waals surface area (Å²) in [5, 5.41) is 2.35. The first-order valence-corrected chi connectivity index (χ1v) is 13.6. The Balaban J connectivity index is 1.37. The van der Waals surface area contributed by atoms with Crippen molar-refractivity contribution >= 4 is 54.3 Å². The smallest absolute Gasteiger partial charge is 0.143 e. The fraction of sp³-hybridized carbons (Fsp3) is 0. The number of rotatable bonds is 3. The van der Waals surface area contributed by atoms with Gasteiger partial charge in [0.05, 0.1) is 20.6 Å². The molecule has 1 nitrogen and oxygen atoms in total. The Bertz CT molecular complexity index is 3270. The van der Waals surface area contributed by atoms with Gasteiger partial charge < -0.3 is 4.42 Å². The third kappa shape index (κ3) is 3.72. The lowest BCUT2D eigenvalue weighted by molar-refractivity contribution is 0.670. The number of fused-ring (bicyclic) bond motifs is 6. The first-order valence-electron chi connectivity index (χ1n) is 21.1. The first kappa shape index (κ1) is 13.5. The van der Waals surface area contributed by atoms with Gasteiger partial charge in [-0.2, -0.15) is 0 Å².